The molecule has 0 unspecified atom stereocenters. The molecule has 0 saturated heterocycles. The first-order valence-corrected chi connectivity index (χ1v) is 2.05. The predicted molar refractivity (Wildman–Crippen MR) is 24.1 cm³/mol. The Morgan fingerprint density at radius 3 is 1.33 bits per heavy atom. The highest BCUT2D eigenvalue weighted by Crippen LogP contribution is 1.73. The summed E-state index contributed by atoms with van der Waals surface area (Å²) in [6.07, 6.45) is 0. The van der Waals surface area contributed by atoms with E-state index in [2.05, 4.69) is 0 Å². The quantitative estimate of drug-likeness (QED) is 0.283. The van der Waals surface area contributed by atoms with Crippen LogP contribution in [0.3, 0.4) is 0 Å². The third-order valence-electron chi connectivity index (χ3n) is 0. The van der Waals surface area contributed by atoms with Crippen LogP contribution in [0.1, 0.15) is 0 Å². The normalized spacial score (nSPS) is 4.33. The van der Waals surface area contributed by atoms with Crippen LogP contribution in [0.4, 0.5) is 0 Å². The summed E-state index contributed by atoms with van der Waals surface area (Å²) in [5.41, 5.74) is 11.0. The summed E-state index contributed by atoms with van der Waals surface area (Å²) in [5, 5.41) is 0.194. The fraction of sp³-hybridized carbons (Fsp3) is 1.00. The summed E-state index contributed by atoms with van der Waals surface area (Å²) in [5.74, 6) is 0. The van der Waals surface area contributed by atoms with Crippen LogP contribution < -0.4 is 4.91 Å². The van der Waals surface area contributed by atoms with E-state index in [1.165, 1.54) is 0 Å². The summed E-state index contributed by atoms with van der Waals surface area (Å²) in [6.45, 7) is 0. The number of rotatable bonds is 0. The van der Waals surface area contributed by atoms with Crippen LogP contribution in [0.15, 0.2) is 0 Å². The monoisotopic (exact) mass is 128 g/mol. The molecule has 0 radical (unpaired) electrons. The van der Waals surface area contributed by atoms with Crippen molar-refractivity contribution in [3.8, 4) is 0 Å². The van der Waals surface area contributed by atoms with Crippen molar-refractivity contribution in [2.75, 3.05) is 5.34 Å². The lowest BCUT2D eigenvalue weighted by Gasteiger charge is -1.42. The molecule has 6 heavy (non-hydrogen) atoms. The molecule has 0 rings (SSSR count). The van der Waals surface area contributed by atoms with Gasteiger partial charge in [0.25, 0.3) is 0 Å². The second kappa shape index (κ2) is 20.7. The zero-order valence-electron chi connectivity index (χ0n) is 2.91. The third-order valence-corrected chi connectivity index (χ3v) is 0. The van der Waals surface area contributed by atoms with E-state index in [-0.39, 0.29) is 5.34 Å². The molecule has 3 nitrogen and oxygen atoms in total. The van der Waals surface area contributed by atoms with Crippen LogP contribution in [0.5, 0.6) is 0 Å². The maximum atomic E-state index is 5.50. The SMILES string of the molecule is ClCCl.N=[N+]=N. The van der Waals surface area contributed by atoms with E-state index >= 15 is 0 Å². The van der Waals surface area contributed by atoms with Gasteiger partial charge < -0.3 is 0 Å². The van der Waals surface area contributed by atoms with Gasteiger partial charge in [0.2, 0.25) is 4.91 Å². The van der Waals surface area contributed by atoms with Gasteiger partial charge in [-0.1, -0.05) is 0 Å². The summed E-state index contributed by atoms with van der Waals surface area (Å²) < 4.78 is 0. The van der Waals surface area contributed by atoms with Gasteiger partial charge in [0.05, 0.1) is 5.34 Å². The highest BCUT2D eigenvalue weighted by Gasteiger charge is 1.41. The molecule has 5 heteroatoms. The van der Waals surface area contributed by atoms with Gasteiger partial charge in [-0.15, -0.1) is 23.2 Å². The molecule has 0 spiro atoms. The van der Waals surface area contributed by atoms with E-state index in [1.54, 1.807) is 0 Å². The van der Waals surface area contributed by atoms with Crippen molar-refractivity contribution in [2.24, 2.45) is 0 Å². The first kappa shape index (κ1) is 9.31. The largest absolute Gasteiger partial charge is 0.211 e. The molecule has 0 aromatic heterocycles. The zero-order chi connectivity index (χ0) is 5.41. The minimum atomic E-state index is 0.194. The average Bonchev–Trinajstić information content (AvgIpc) is 1.39. The number of nitrogens with zero attached hydrogens (tertiary/aromatic N) is 1. The predicted octanol–water partition coefficient (Wildman–Crippen LogP) is 1.54. The Bertz CT molecular complexity index is 38.1. The molecular formula is CH4Cl2N3+. The van der Waals surface area contributed by atoms with Gasteiger partial charge in [0.15, 0.2) is 0 Å². The Kier molecular flexibility index (Phi) is 32.1. The summed E-state index contributed by atoms with van der Waals surface area (Å²) >= 11 is 9.53. The van der Waals surface area contributed by atoms with Gasteiger partial charge in [-0.2, -0.15) is 0 Å². The molecule has 0 bridgehead atoms. The Hall–Kier alpha value is -0.110. The Balaban J connectivity index is 0. The second-order valence-electron chi connectivity index (χ2n) is 0.213. The molecular weight excluding hydrogens is 125 g/mol. The fourth-order valence-corrected chi connectivity index (χ4v) is 0. The van der Waals surface area contributed by atoms with Crippen molar-refractivity contribution >= 4 is 23.2 Å². The highest BCUT2D eigenvalue weighted by atomic mass is 35.5. The molecule has 0 aliphatic heterocycles. The van der Waals surface area contributed by atoms with Crippen molar-refractivity contribution in [3.63, 3.8) is 0 Å². The second-order valence-corrected chi connectivity index (χ2v) is 1.02. The van der Waals surface area contributed by atoms with Gasteiger partial charge >= 0.3 is 0 Å². The van der Waals surface area contributed by atoms with Crippen LogP contribution in [-0.2, 0) is 0 Å². The molecule has 2 N–H and O–H groups in total. The molecule has 0 aliphatic carbocycles. The van der Waals surface area contributed by atoms with E-state index in [9.17, 15) is 0 Å². The zero-order valence-corrected chi connectivity index (χ0v) is 4.42. The van der Waals surface area contributed by atoms with Gasteiger partial charge in [0, 0.05) is 0 Å². The lowest BCUT2D eigenvalue weighted by molar-refractivity contribution is 0.928. The van der Waals surface area contributed by atoms with E-state index in [0.29, 0.717) is 0 Å². The third kappa shape index (κ3) is 2690. The van der Waals surface area contributed by atoms with E-state index in [4.69, 9.17) is 34.3 Å². The molecule has 0 saturated carbocycles. The van der Waals surface area contributed by atoms with Gasteiger partial charge in [-0.05, 0) is 0 Å². The number of nitrogens with one attached hydrogen (secondary N) is 2. The van der Waals surface area contributed by atoms with E-state index in [0.717, 1.165) is 0 Å². The lowest BCUT2D eigenvalue weighted by Crippen LogP contribution is -1.24. The summed E-state index contributed by atoms with van der Waals surface area (Å²) in [6, 6.07) is 0. The minimum Gasteiger partial charge on any atom is -0.109 e. The first-order valence-electron chi connectivity index (χ1n) is 0.982. The van der Waals surface area contributed by atoms with E-state index < -0.39 is 0 Å². The summed E-state index contributed by atoms with van der Waals surface area (Å²) in [4.78, 5) is 2.00. The number of halogens is 2. The van der Waals surface area contributed by atoms with Crippen LogP contribution in [0.2, 0.25) is 0 Å². The van der Waals surface area contributed by atoms with Gasteiger partial charge in [-0.3, -0.25) is 0 Å². The van der Waals surface area contributed by atoms with Crippen molar-refractivity contribution in [1.82, 2.24) is 4.91 Å². The molecule has 0 aromatic carbocycles. The number of alkyl halides is 2. The highest BCUT2D eigenvalue weighted by molar-refractivity contribution is 6.40. The first-order chi connectivity index (χ1) is 2.83. The van der Waals surface area contributed by atoms with E-state index in [1.807, 2.05) is 4.91 Å². The van der Waals surface area contributed by atoms with Crippen molar-refractivity contribution in [2.45, 2.75) is 0 Å². The van der Waals surface area contributed by atoms with Gasteiger partial charge in [0.1, 0.15) is 11.1 Å². The van der Waals surface area contributed by atoms with Crippen molar-refractivity contribution < 1.29 is 0 Å². The Morgan fingerprint density at radius 1 is 1.33 bits per heavy atom. The molecule has 0 aromatic rings. The average molecular weight is 129 g/mol. The topological polar surface area (TPSA) is 61.8 Å². The molecule has 0 heterocycles. The smallest absolute Gasteiger partial charge is 0.109 e. The maximum Gasteiger partial charge on any atom is 0.211 e. The molecule has 0 aliphatic rings. The summed E-state index contributed by atoms with van der Waals surface area (Å²) in [7, 11) is 0. The molecule has 36 valence electrons. The van der Waals surface area contributed by atoms with Crippen LogP contribution in [0.25, 0.3) is 0 Å². The van der Waals surface area contributed by atoms with Crippen LogP contribution >= 0.6 is 23.2 Å². The molecule has 0 atom stereocenters. The maximum absolute atomic E-state index is 5.50. The minimum absolute atomic E-state index is 0.194. The van der Waals surface area contributed by atoms with Crippen LogP contribution in [0, 0.1) is 11.1 Å². The standard InChI is InChI=1S/CH2Cl2.H2N3/c2-1-3;1-3-2/h1H2;1-2H/q;+1. The van der Waals surface area contributed by atoms with Crippen molar-refractivity contribution in [1.29, 1.82) is 11.1 Å². The number of hydrogen-bond donors (Lipinski definition) is 2. The fourth-order valence-electron chi connectivity index (χ4n) is 0. The molecule has 0 fully saturated rings. The van der Waals surface area contributed by atoms with Gasteiger partial charge in [-0.25, -0.2) is 0 Å². The Morgan fingerprint density at radius 2 is 1.33 bits per heavy atom. The molecule has 0 amide bonds. The number of hydrogen-bond acceptors (Lipinski definition) is 2. The Labute approximate surface area is 45.3 Å². The van der Waals surface area contributed by atoms with Crippen molar-refractivity contribution in [3.05, 3.63) is 0 Å². The lowest BCUT2D eigenvalue weighted by atomic mass is 11.9. The van der Waals surface area contributed by atoms with Crippen LogP contribution in [-0.4, -0.2) is 5.34 Å².